The van der Waals surface area contributed by atoms with E-state index in [4.69, 9.17) is 4.43 Å². The number of allylic oxidation sites excluding steroid dienone is 1. The molecule has 1 unspecified atom stereocenters. The summed E-state index contributed by atoms with van der Waals surface area (Å²) in [6, 6.07) is 21.7. The van der Waals surface area contributed by atoms with Crippen molar-refractivity contribution in [1.29, 1.82) is 0 Å². The molecule has 0 saturated heterocycles. The summed E-state index contributed by atoms with van der Waals surface area (Å²) in [5, 5.41) is 14.7. The second-order valence-electron chi connectivity index (χ2n) is 13.4. The molecule has 0 bridgehead atoms. The Balaban J connectivity index is 2.55. The molecule has 41 heavy (non-hydrogen) atoms. The molecule has 2 radical (unpaired) electrons. The van der Waals surface area contributed by atoms with E-state index in [9.17, 15) is 5.11 Å². The molecule has 0 aliphatic rings. The van der Waals surface area contributed by atoms with Gasteiger partial charge in [-0.3, -0.25) is 0 Å². The monoisotopic (exact) mass is 684 g/mol. The van der Waals surface area contributed by atoms with Gasteiger partial charge in [0.05, 0.1) is 0 Å². The van der Waals surface area contributed by atoms with Gasteiger partial charge >= 0.3 is 266 Å². The first kappa shape index (κ1) is 36.3. The summed E-state index contributed by atoms with van der Waals surface area (Å²) < 4.78 is 9.46. The van der Waals surface area contributed by atoms with Crippen molar-refractivity contribution in [3.05, 3.63) is 70.3 Å². The molecule has 0 aromatic heterocycles. The maximum atomic E-state index is 12.2. The Morgan fingerprint density at radius 2 is 1.20 bits per heavy atom. The number of unbranched alkanes of at least 4 members (excludes halogenated alkanes) is 3. The summed E-state index contributed by atoms with van der Waals surface area (Å²) in [6.07, 6.45) is 14.6. The second kappa shape index (κ2) is 16.8. The molecule has 2 nitrogen and oxygen atoms in total. The van der Waals surface area contributed by atoms with Gasteiger partial charge < -0.3 is 0 Å². The Bertz CT molecular complexity index is 965. The molecule has 2 atom stereocenters. The molecule has 2 rings (SSSR count). The molecule has 0 spiro atoms. The van der Waals surface area contributed by atoms with Crippen LogP contribution in [0.3, 0.4) is 0 Å². The Morgan fingerprint density at radius 3 is 1.54 bits per heavy atom. The van der Waals surface area contributed by atoms with Crippen molar-refractivity contribution in [3.8, 4) is 0 Å². The van der Waals surface area contributed by atoms with Gasteiger partial charge in [-0.15, -0.1) is 0 Å². The summed E-state index contributed by atoms with van der Waals surface area (Å²) in [6.45, 7) is 20.5. The van der Waals surface area contributed by atoms with Crippen molar-refractivity contribution in [2.24, 2.45) is 0 Å². The van der Waals surface area contributed by atoms with Crippen molar-refractivity contribution in [2.45, 2.75) is 147 Å². The van der Waals surface area contributed by atoms with Crippen molar-refractivity contribution < 1.29 is 9.53 Å². The van der Waals surface area contributed by atoms with Crippen LogP contribution in [-0.2, 0) is 4.43 Å². The summed E-state index contributed by atoms with van der Waals surface area (Å²) in [5.74, 6) is 0. The predicted molar refractivity (Wildman–Crippen MR) is 184 cm³/mol. The molecular weight excluding hydrogens is 623 g/mol. The van der Waals surface area contributed by atoms with E-state index in [0.29, 0.717) is 3.43 Å². The van der Waals surface area contributed by atoms with Crippen LogP contribution < -0.4 is 10.4 Å². The Kier molecular flexibility index (Phi) is 14.9. The molecule has 228 valence electrons. The van der Waals surface area contributed by atoms with Crippen molar-refractivity contribution in [3.63, 3.8) is 0 Å². The standard InChI is InChI=1S/C24H33O2Si.C13H27.Sn/c1-7-19-24(6,25)22(8-2)26-27(23(3,4)5,20-15-11-9-12-16-20)21-17-13-10-14-18-21;1-4-7-10-13(11-8-5-2)12-9-6-3;/h9-19,22,25H,8H2,1-6H3;4-12H2,1-3H3;/t22-,24?;;/m1../s1. The van der Waals surface area contributed by atoms with Crippen LogP contribution in [0.5, 0.6) is 0 Å². The third-order valence-electron chi connectivity index (χ3n) is 8.76. The summed E-state index contributed by atoms with van der Waals surface area (Å²) in [7, 11) is -2.77. The van der Waals surface area contributed by atoms with E-state index in [1.165, 1.54) is 71.7 Å². The second-order valence-corrected chi connectivity index (χ2v) is 23.7. The molecule has 0 heterocycles. The topological polar surface area (TPSA) is 29.5 Å². The fraction of sp³-hybridized carbons (Fsp3) is 0.622. The number of rotatable bonds is 18. The Morgan fingerprint density at radius 1 is 0.780 bits per heavy atom. The maximum absolute atomic E-state index is 12.2. The molecule has 0 amide bonds. The van der Waals surface area contributed by atoms with E-state index in [0.717, 1.165) is 6.42 Å². The first-order valence-corrected chi connectivity index (χ1v) is 21.2. The van der Waals surface area contributed by atoms with Crippen LogP contribution in [0.1, 0.15) is 127 Å². The van der Waals surface area contributed by atoms with E-state index in [1.807, 2.05) is 6.92 Å². The summed E-state index contributed by atoms with van der Waals surface area (Å²) >= 11 is -0.914. The van der Waals surface area contributed by atoms with Crippen molar-refractivity contribution >= 4 is 39.8 Å². The SMILES string of the molecule is CCCC[C](CCCC)(CCCC)[Sn]/[C](C)=C/C(C)(O)[C@@H](CC)O[Si](c1ccccc1)(c1ccccc1)C(C)(C)C. The van der Waals surface area contributed by atoms with E-state index < -0.39 is 35.1 Å². The van der Waals surface area contributed by atoms with Crippen molar-refractivity contribution in [2.75, 3.05) is 0 Å². The van der Waals surface area contributed by atoms with E-state index in [-0.39, 0.29) is 11.1 Å². The number of hydrogen-bond donors (Lipinski definition) is 1. The molecule has 2 aromatic carbocycles. The first-order chi connectivity index (χ1) is 19.4. The third-order valence-corrected chi connectivity index (χ3v) is 19.0. The van der Waals surface area contributed by atoms with Gasteiger partial charge in [-0.2, -0.15) is 0 Å². The molecule has 2 aromatic rings. The van der Waals surface area contributed by atoms with E-state index >= 15 is 0 Å². The Hall–Kier alpha value is -0.884. The quantitative estimate of drug-likeness (QED) is 0.159. The normalized spacial score (nSPS) is 15.5. The summed E-state index contributed by atoms with van der Waals surface area (Å²) in [4.78, 5) is 0. The predicted octanol–water partition coefficient (Wildman–Crippen LogP) is 9.43. The van der Waals surface area contributed by atoms with Gasteiger partial charge in [0.15, 0.2) is 0 Å². The zero-order valence-electron chi connectivity index (χ0n) is 27.9. The van der Waals surface area contributed by atoms with Crippen LogP contribution in [0, 0.1) is 0 Å². The summed E-state index contributed by atoms with van der Waals surface area (Å²) in [5.41, 5.74) is -1.03. The minimum atomic E-state index is -2.77. The zero-order chi connectivity index (χ0) is 30.6. The molecule has 4 heteroatoms. The van der Waals surface area contributed by atoms with Crippen molar-refractivity contribution in [1.82, 2.24) is 0 Å². The number of hydrogen-bond acceptors (Lipinski definition) is 2. The average Bonchev–Trinajstić information content (AvgIpc) is 2.94. The van der Waals surface area contributed by atoms with E-state index in [2.05, 4.69) is 122 Å². The van der Waals surface area contributed by atoms with E-state index in [1.54, 1.807) is 0 Å². The average molecular weight is 684 g/mol. The Labute approximate surface area is 265 Å². The molecular formula is C37H60O2SiSn. The van der Waals surface area contributed by atoms with Crippen LogP contribution in [0.25, 0.3) is 0 Å². The van der Waals surface area contributed by atoms with Crippen LogP contribution in [0.2, 0.25) is 8.47 Å². The van der Waals surface area contributed by atoms with Gasteiger partial charge in [-0.25, -0.2) is 0 Å². The minimum absolute atomic E-state index is 0.121. The van der Waals surface area contributed by atoms with Gasteiger partial charge in [-0.05, 0) is 0 Å². The first-order valence-electron chi connectivity index (χ1n) is 16.4. The van der Waals surface area contributed by atoms with Crippen LogP contribution in [-0.4, -0.2) is 46.3 Å². The van der Waals surface area contributed by atoms with Crippen LogP contribution in [0.4, 0.5) is 0 Å². The zero-order valence-corrected chi connectivity index (χ0v) is 31.7. The van der Waals surface area contributed by atoms with Crippen LogP contribution in [0.15, 0.2) is 70.3 Å². The fourth-order valence-electron chi connectivity index (χ4n) is 6.61. The van der Waals surface area contributed by atoms with Gasteiger partial charge in [0, 0.05) is 0 Å². The van der Waals surface area contributed by atoms with Gasteiger partial charge in [-0.1, -0.05) is 0 Å². The van der Waals surface area contributed by atoms with Gasteiger partial charge in [0.2, 0.25) is 0 Å². The third kappa shape index (κ3) is 9.81. The van der Waals surface area contributed by atoms with Crippen LogP contribution >= 0.6 is 0 Å². The fourth-order valence-corrected chi connectivity index (χ4v) is 17.5. The molecule has 1 N–H and O–H groups in total. The van der Waals surface area contributed by atoms with Gasteiger partial charge in [0.1, 0.15) is 0 Å². The molecule has 0 aliphatic carbocycles. The van der Waals surface area contributed by atoms with Gasteiger partial charge in [0.25, 0.3) is 0 Å². The number of aliphatic hydroxyl groups is 1. The molecule has 0 aliphatic heterocycles. The molecule has 0 saturated carbocycles. The molecule has 0 fully saturated rings. The number of benzene rings is 2.